The smallest absolute Gasteiger partial charge is 0.227 e. The summed E-state index contributed by atoms with van der Waals surface area (Å²) in [5, 5.41) is 8.70. The van der Waals surface area contributed by atoms with Gasteiger partial charge < -0.3 is 5.32 Å². The molecule has 0 saturated heterocycles. The third-order valence-electron chi connectivity index (χ3n) is 4.68. The van der Waals surface area contributed by atoms with E-state index in [9.17, 15) is 4.79 Å². The van der Waals surface area contributed by atoms with E-state index >= 15 is 0 Å². The predicted molar refractivity (Wildman–Crippen MR) is 103 cm³/mol. The van der Waals surface area contributed by atoms with Gasteiger partial charge in [0.15, 0.2) is 5.78 Å². The maximum Gasteiger partial charge on any atom is 0.227 e. The standard InChI is InChI=1S/C18H19BrN4OS/c1-18(2)8-12-14(13(24)9-18)15(10-4-6-11(19)7-5-10)23-16(20-12)21-17(22-23)25-3/h4-7,15H,8-9H2,1-3H3,(H,20,21,22)/t15-/m1/s1. The molecule has 0 fully saturated rings. The van der Waals surface area contributed by atoms with Gasteiger partial charge in [0, 0.05) is 22.2 Å². The summed E-state index contributed by atoms with van der Waals surface area (Å²) in [6.45, 7) is 4.27. The van der Waals surface area contributed by atoms with E-state index in [2.05, 4.69) is 45.2 Å². The van der Waals surface area contributed by atoms with E-state index in [0.717, 1.165) is 27.7 Å². The normalized spacial score (nSPS) is 21.6. The Bertz CT molecular complexity index is 885. The van der Waals surface area contributed by atoms with Crippen molar-refractivity contribution in [1.29, 1.82) is 0 Å². The topological polar surface area (TPSA) is 59.8 Å². The Morgan fingerprint density at radius 3 is 2.68 bits per heavy atom. The number of fused-ring (bicyclic) bond motifs is 1. The second-order valence-corrected chi connectivity index (χ2v) is 8.97. The van der Waals surface area contributed by atoms with Crippen molar-refractivity contribution < 1.29 is 4.79 Å². The molecule has 1 aromatic heterocycles. The van der Waals surface area contributed by atoms with Crippen molar-refractivity contribution in [2.75, 3.05) is 11.6 Å². The van der Waals surface area contributed by atoms with Gasteiger partial charge in [0.05, 0.1) is 0 Å². The van der Waals surface area contributed by atoms with Gasteiger partial charge in [0.1, 0.15) is 6.04 Å². The molecule has 130 valence electrons. The number of Topliss-reactive ketones (excluding diaryl/α,β-unsaturated/α-hetero) is 1. The SMILES string of the molecule is CSc1nc2n(n1)[C@H](c1ccc(Br)cc1)C1=C(CC(C)(C)CC1=O)N2. The summed E-state index contributed by atoms with van der Waals surface area (Å²) in [6.07, 6.45) is 3.35. The summed E-state index contributed by atoms with van der Waals surface area (Å²) >= 11 is 4.98. The number of ketones is 1. The van der Waals surface area contributed by atoms with Gasteiger partial charge in [-0.1, -0.05) is 53.7 Å². The molecule has 0 radical (unpaired) electrons. The van der Waals surface area contributed by atoms with Gasteiger partial charge in [-0.25, -0.2) is 4.68 Å². The Balaban J connectivity index is 1.90. The van der Waals surface area contributed by atoms with E-state index in [0.29, 0.717) is 17.5 Å². The molecule has 7 heteroatoms. The molecule has 1 N–H and O–H groups in total. The highest BCUT2D eigenvalue weighted by Crippen LogP contribution is 2.45. The Labute approximate surface area is 159 Å². The summed E-state index contributed by atoms with van der Waals surface area (Å²) in [7, 11) is 0. The maximum absolute atomic E-state index is 13.0. The van der Waals surface area contributed by atoms with E-state index in [1.165, 1.54) is 11.8 Å². The van der Waals surface area contributed by atoms with Crippen molar-refractivity contribution in [3.63, 3.8) is 0 Å². The van der Waals surface area contributed by atoms with Crippen molar-refractivity contribution in [3.8, 4) is 0 Å². The highest BCUT2D eigenvalue weighted by Gasteiger charge is 2.41. The lowest BCUT2D eigenvalue weighted by molar-refractivity contribution is -0.118. The van der Waals surface area contributed by atoms with Crippen molar-refractivity contribution in [2.45, 2.75) is 37.9 Å². The van der Waals surface area contributed by atoms with Crippen molar-refractivity contribution in [3.05, 3.63) is 45.6 Å². The second kappa shape index (κ2) is 5.99. The first-order chi connectivity index (χ1) is 11.9. The lowest BCUT2D eigenvalue weighted by Crippen LogP contribution is -2.36. The molecule has 1 aromatic carbocycles. The third-order valence-corrected chi connectivity index (χ3v) is 5.75. The quantitative estimate of drug-likeness (QED) is 0.731. The van der Waals surface area contributed by atoms with Crippen LogP contribution in [0.5, 0.6) is 0 Å². The van der Waals surface area contributed by atoms with E-state index in [1.807, 2.05) is 35.2 Å². The van der Waals surface area contributed by atoms with E-state index < -0.39 is 0 Å². The van der Waals surface area contributed by atoms with Gasteiger partial charge >= 0.3 is 0 Å². The average Bonchev–Trinajstić information content (AvgIpc) is 2.95. The van der Waals surface area contributed by atoms with Crippen molar-refractivity contribution >= 4 is 39.4 Å². The van der Waals surface area contributed by atoms with Crippen LogP contribution in [0.3, 0.4) is 0 Å². The number of aromatic nitrogens is 3. The first-order valence-corrected chi connectivity index (χ1v) is 10.2. The molecule has 0 unspecified atom stereocenters. The molecule has 0 spiro atoms. The number of nitrogens with one attached hydrogen (secondary N) is 1. The monoisotopic (exact) mass is 418 g/mol. The minimum absolute atomic E-state index is 0.0439. The molecule has 2 heterocycles. The predicted octanol–water partition coefficient (Wildman–Crippen LogP) is 4.42. The van der Waals surface area contributed by atoms with Crippen LogP contribution in [-0.4, -0.2) is 26.8 Å². The number of carbonyl (C=O) groups excluding carboxylic acids is 1. The molecule has 4 rings (SSSR count). The number of benzene rings is 1. The number of hydrogen-bond acceptors (Lipinski definition) is 5. The van der Waals surface area contributed by atoms with Crippen LogP contribution in [0.2, 0.25) is 0 Å². The fraction of sp³-hybridized carbons (Fsp3) is 0.389. The van der Waals surface area contributed by atoms with E-state index in [1.54, 1.807) is 0 Å². The molecule has 0 bridgehead atoms. The molecule has 5 nitrogen and oxygen atoms in total. The number of hydrogen-bond donors (Lipinski definition) is 1. The number of carbonyl (C=O) groups is 1. The van der Waals surface area contributed by atoms with Gasteiger partial charge in [-0.2, -0.15) is 4.98 Å². The maximum atomic E-state index is 13.0. The van der Waals surface area contributed by atoms with Crippen LogP contribution < -0.4 is 5.32 Å². The number of allylic oxidation sites excluding steroid dienone is 2. The Hall–Kier alpha value is -1.60. The molecule has 1 aliphatic carbocycles. The first-order valence-electron chi connectivity index (χ1n) is 8.17. The fourth-order valence-electron chi connectivity index (χ4n) is 3.63. The summed E-state index contributed by atoms with van der Waals surface area (Å²) in [5.74, 6) is 0.903. The molecule has 1 aliphatic heterocycles. The van der Waals surface area contributed by atoms with E-state index in [4.69, 9.17) is 0 Å². The summed E-state index contributed by atoms with van der Waals surface area (Å²) in [6, 6.07) is 7.86. The second-order valence-electron chi connectivity index (χ2n) is 7.28. The fourth-order valence-corrected chi connectivity index (χ4v) is 4.24. The van der Waals surface area contributed by atoms with Crippen molar-refractivity contribution in [1.82, 2.24) is 14.8 Å². The van der Waals surface area contributed by atoms with Crippen molar-refractivity contribution in [2.24, 2.45) is 5.41 Å². The van der Waals surface area contributed by atoms with Gasteiger partial charge in [-0.15, -0.1) is 5.10 Å². The number of nitrogens with zero attached hydrogens (tertiary/aromatic N) is 3. The van der Waals surface area contributed by atoms with Crippen LogP contribution >= 0.6 is 27.7 Å². The minimum atomic E-state index is -0.226. The zero-order valence-corrected chi connectivity index (χ0v) is 16.7. The minimum Gasteiger partial charge on any atom is -0.328 e. The van der Waals surface area contributed by atoms with Crippen LogP contribution in [0.15, 0.2) is 45.2 Å². The van der Waals surface area contributed by atoms with Crippen LogP contribution in [0.1, 0.15) is 38.3 Å². The summed E-state index contributed by atoms with van der Waals surface area (Å²) < 4.78 is 2.86. The summed E-state index contributed by atoms with van der Waals surface area (Å²) in [4.78, 5) is 17.6. The molecule has 1 atom stereocenters. The first kappa shape index (κ1) is 16.8. The van der Waals surface area contributed by atoms with E-state index in [-0.39, 0.29) is 17.2 Å². The average molecular weight is 419 g/mol. The van der Waals surface area contributed by atoms with Gasteiger partial charge in [0.2, 0.25) is 11.1 Å². The number of rotatable bonds is 2. The Morgan fingerprint density at radius 2 is 2.00 bits per heavy atom. The summed E-state index contributed by atoms with van der Waals surface area (Å²) in [5.41, 5.74) is 2.81. The molecular weight excluding hydrogens is 400 g/mol. The lowest BCUT2D eigenvalue weighted by atomic mass is 9.73. The number of halogens is 1. The highest BCUT2D eigenvalue weighted by molar-refractivity contribution is 9.10. The number of thioether (sulfide) groups is 1. The number of anilines is 1. The van der Waals surface area contributed by atoms with Gasteiger partial charge in [-0.05, 0) is 35.8 Å². The Kier molecular flexibility index (Phi) is 4.03. The molecule has 2 aromatic rings. The lowest BCUT2D eigenvalue weighted by Gasteiger charge is -2.38. The molecular formula is C18H19BrN4OS. The van der Waals surface area contributed by atoms with Crippen LogP contribution in [0.25, 0.3) is 0 Å². The Morgan fingerprint density at radius 1 is 1.28 bits per heavy atom. The van der Waals surface area contributed by atoms with Crippen LogP contribution in [0, 0.1) is 5.41 Å². The molecule has 0 saturated carbocycles. The third kappa shape index (κ3) is 2.93. The largest absolute Gasteiger partial charge is 0.328 e. The van der Waals surface area contributed by atoms with Crippen LogP contribution in [0.4, 0.5) is 5.95 Å². The van der Waals surface area contributed by atoms with Crippen LogP contribution in [-0.2, 0) is 4.79 Å². The van der Waals surface area contributed by atoms with Gasteiger partial charge in [-0.3, -0.25) is 4.79 Å². The molecule has 25 heavy (non-hydrogen) atoms. The van der Waals surface area contributed by atoms with Gasteiger partial charge in [0.25, 0.3) is 0 Å². The molecule has 0 amide bonds. The molecule has 2 aliphatic rings. The zero-order valence-electron chi connectivity index (χ0n) is 14.3. The highest BCUT2D eigenvalue weighted by atomic mass is 79.9. The zero-order chi connectivity index (χ0) is 17.8.